The van der Waals surface area contributed by atoms with Gasteiger partial charge in [-0.15, -0.1) is 0 Å². The molecule has 2 heterocycles. The van der Waals surface area contributed by atoms with E-state index < -0.39 is 0 Å². The lowest BCUT2D eigenvalue weighted by atomic mass is 10.2. The van der Waals surface area contributed by atoms with Crippen molar-refractivity contribution in [2.45, 2.75) is 43.8 Å². The second kappa shape index (κ2) is 5.84. The Kier molecular flexibility index (Phi) is 4.37. The Morgan fingerprint density at radius 1 is 1.00 bits per heavy atom. The van der Waals surface area contributed by atoms with Crippen LogP contribution in [0.3, 0.4) is 0 Å². The minimum atomic E-state index is 0.234. The van der Waals surface area contributed by atoms with Crippen LogP contribution in [-0.2, 0) is 0 Å². The van der Waals surface area contributed by atoms with Crippen molar-refractivity contribution in [1.82, 2.24) is 19.9 Å². The summed E-state index contributed by atoms with van der Waals surface area (Å²) >= 11 is 7.42. The molecule has 0 N–H and O–H groups in total. The third kappa shape index (κ3) is 3.88. The Morgan fingerprint density at radius 3 is 2.21 bits per heavy atom. The fraction of sp³-hybridized carbons (Fsp3) is 0.385. The molecule has 0 aromatic carbocycles. The van der Waals surface area contributed by atoms with Crippen molar-refractivity contribution in [3.8, 4) is 0 Å². The Hall–Kier alpha value is -1.20. The van der Waals surface area contributed by atoms with E-state index in [-0.39, 0.29) is 5.92 Å². The summed E-state index contributed by atoms with van der Waals surface area (Å²) in [4.78, 5) is 17.4. The zero-order valence-electron chi connectivity index (χ0n) is 11.3. The molecule has 0 unspecified atom stereocenters. The van der Waals surface area contributed by atoms with E-state index in [0.717, 1.165) is 22.2 Å². The molecule has 0 aliphatic carbocycles. The molecule has 2 aromatic rings. The van der Waals surface area contributed by atoms with Gasteiger partial charge >= 0.3 is 0 Å². The number of aromatic nitrogens is 4. The lowest BCUT2D eigenvalue weighted by Crippen LogP contribution is -1.99. The molecule has 0 bridgehead atoms. The predicted molar refractivity (Wildman–Crippen MR) is 76.8 cm³/mol. The van der Waals surface area contributed by atoms with Gasteiger partial charge in [0, 0.05) is 23.4 Å². The molecular weight excluding hydrogens is 280 g/mol. The largest absolute Gasteiger partial charge is 0.228 e. The molecule has 0 saturated carbocycles. The molecule has 0 atom stereocenters. The average Bonchev–Trinajstić information content (AvgIpc) is 2.26. The summed E-state index contributed by atoms with van der Waals surface area (Å²) < 4.78 is 0. The SMILES string of the molecule is Cc1cc(C)nc(Sc2cc(Cl)nc(C(C)C)n2)n1. The van der Waals surface area contributed by atoms with Crippen LogP contribution in [0.15, 0.2) is 22.3 Å². The van der Waals surface area contributed by atoms with Gasteiger partial charge in [0.25, 0.3) is 0 Å². The van der Waals surface area contributed by atoms with Crippen LogP contribution in [-0.4, -0.2) is 19.9 Å². The highest BCUT2D eigenvalue weighted by Gasteiger charge is 2.10. The number of aryl methyl sites for hydroxylation is 2. The number of hydrogen-bond donors (Lipinski definition) is 0. The van der Waals surface area contributed by atoms with Gasteiger partial charge in [-0.25, -0.2) is 19.9 Å². The Morgan fingerprint density at radius 2 is 1.63 bits per heavy atom. The van der Waals surface area contributed by atoms with Gasteiger partial charge in [0.2, 0.25) is 0 Å². The summed E-state index contributed by atoms with van der Waals surface area (Å²) in [5, 5.41) is 1.90. The molecule has 2 aromatic heterocycles. The van der Waals surface area contributed by atoms with E-state index in [2.05, 4.69) is 19.9 Å². The van der Waals surface area contributed by atoms with Gasteiger partial charge in [0.1, 0.15) is 16.0 Å². The van der Waals surface area contributed by atoms with E-state index in [9.17, 15) is 0 Å². The first-order valence-corrected chi connectivity index (χ1v) is 7.18. The van der Waals surface area contributed by atoms with Crippen LogP contribution in [0.5, 0.6) is 0 Å². The lowest BCUT2D eigenvalue weighted by molar-refractivity contribution is 0.752. The molecule has 4 nitrogen and oxygen atoms in total. The predicted octanol–water partition coefficient (Wildman–Crippen LogP) is 3.81. The Balaban J connectivity index is 2.32. The Bertz CT molecular complexity index is 581. The highest BCUT2D eigenvalue weighted by atomic mass is 35.5. The van der Waals surface area contributed by atoms with Gasteiger partial charge in [-0.1, -0.05) is 25.4 Å². The van der Waals surface area contributed by atoms with Crippen LogP contribution >= 0.6 is 23.4 Å². The molecule has 0 fully saturated rings. The molecule has 100 valence electrons. The average molecular weight is 295 g/mol. The van der Waals surface area contributed by atoms with Crippen molar-refractivity contribution in [1.29, 1.82) is 0 Å². The van der Waals surface area contributed by atoms with Crippen LogP contribution in [0.4, 0.5) is 0 Å². The molecule has 0 radical (unpaired) electrons. The summed E-state index contributed by atoms with van der Waals surface area (Å²) in [5.74, 6) is 0.970. The minimum absolute atomic E-state index is 0.234. The van der Waals surface area contributed by atoms with E-state index in [1.54, 1.807) is 6.07 Å². The zero-order chi connectivity index (χ0) is 14.0. The van der Waals surface area contributed by atoms with Gasteiger partial charge in [-0.2, -0.15) is 0 Å². The van der Waals surface area contributed by atoms with Crippen molar-refractivity contribution < 1.29 is 0 Å². The molecule has 0 aliphatic heterocycles. The first-order valence-electron chi connectivity index (χ1n) is 5.98. The van der Waals surface area contributed by atoms with Crippen molar-refractivity contribution in [2.75, 3.05) is 0 Å². The Labute approximate surface area is 122 Å². The van der Waals surface area contributed by atoms with Gasteiger partial charge in [0.05, 0.1) is 0 Å². The van der Waals surface area contributed by atoms with Crippen LogP contribution in [0.25, 0.3) is 0 Å². The monoisotopic (exact) mass is 294 g/mol. The zero-order valence-corrected chi connectivity index (χ0v) is 12.9. The summed E-state index contributed by atoms with van der Waals surface area (Å²) in [6.45, 7) is 7.97. The van der Waals surface area contributed by atoms with Gasteiger partial charge < -0.3 is 0 Å². The molecule has 0 spiro atoms. The number of halogens is 1. The van der Waals surface area contributed by atoms with E-state index >= 15 is 0 Å². The minimum Gasteiger partial charge on any atom is -0.228 e. The summed E-state index contributed by atoms with van der Waals surface area (Å²) in [7, 11) is 0. The third-order valence-electron chi connectivity index (χ3n) is 2.36. The third-order valence-corrected chi connectivity index (χ3v) is 3.34. The molecule has 6 heteroatoms. The van der Waals surface area contributed by atoms with Crippen LogP contribution in [0, 0.1) is 13.8 Å². The first-order chi connectivity index (χ1) is 8.94. The topological polar surface area (TPSA) is 51.6 Å². The summed E-state index contributed by atoms with van der Waals surface area (Å²) in [5.41, 5.74) is 1.89. The maximum atomic E-state index is 6.02. The van der Waals surface area contributed by atoms with Crippen molar-refractivity contribution >= 4 is 23.4 Å². The molecule has 0 saturated heterocycles. The molecule has 19 heavy (non-hydrogen) atoms. The molecule has 2 rings (SSSR count). The van der Waals surface area contributed by atoms with Crippen LogP contribution < -0.4 is 0 Å². The molecule has 0 amide bonds. The second-order valence-corrected chi connectivity index (χ2v) is 5.95. The van der Waals surface area contributed by atoms with E-state index in [4.69, 9.17) is 11.6 Å². The smallest absolute Gasteiger partial charge is 0.194 e. The molecular formula is C13H15ClN4S. The lowest BCUT2D eigenvalue weighted by Gasteiger charge is -2.07. The highest BCUT2D eigenvalue weighted by molar-refractivity contribution is 7.99. The quantitative estimate of drug-likeness (QED) is 0.636. The fourth-order valence-corrected chi connectivity index (χ4v) is 2.69. The number of rotatable bonds is 3. The van der Waals surface area contributed by atoms with Crippen LogP contribution in [0.1, 0.15) is 37.0 Å². The van der Waals surface area contributed by atoms with Gasteiger partial charge in [-0.3, -0.25) is 0 Å². The van der Waals surface area contributed by atoms with Crippen molar-refractivity contribution in [3.05, 3.63) is 34.5 Å². The van der Waals surface area contributed by atoms with Gasteiger partial charge in [0.15, 0.2) is 5.16 Å². The van der Waals surface area contributed by atoms with E-state index in [1.807, 2.05) is 33.8 Å². The van der Waals surface area contributed by atoms with Gasteiger partial charge in [-0.05, 0) is 31.7 Å². The molecule has 0 aliphatic rings. The fourth-order valence-electron chi connectivity index (χ4n) is 1.56. The summed E-state index contributed by atoms with van der Waals surface area (Å²) in [6.07, 6.45) is 0. The standard InChI is InChI=1S/C13H15ClN4S/c1-7(2)12-17-10(14)6-11(18-12)19-13-15-8(3)5-9(4)16-13/h5-7H,1-4H3. The van der Waals surface area contributed by atoms with Crippen molar-refractivity contribution in [3.63, 3.8) is 0 Å². The maximum absolute atomic E-state index is 6.02. The number of nitrogens with zero attached hydrogens (tertiary/aromatic N) is 4. The van der Waals surface area contributed by atoms with E-state index in [1.165, 1.54) is 11.8 Å². The number of hydrogen-bond acceptors (Lipinski definition) is 5. The highest BCUT2D eigenvalue weighted by Crippen LogP contribution is 2.26. The summed E-state index contributed by atoms with van der Waals surface area (Å²) in [6, 6.07) is 3.68. The second-order valence-electron chi connectivity index (χ2n) is 4.58. The van der Waals surface area contributed by atoms with E-state index in [0.29, 0.717) is 10.3 Å². The first kappa shape index (κ1) is 14.2. The normalized spacial score (nSPS) is 11.1. The van der Waals surface area contributed by atoms with Crippen molar-refractivity contribution in [2.24, 2.45) is 0 Å². The van der Waals surface area contributed by atoms with Crippen LogP contribution in [0.2, 0.25) is 5.15 Å². The maximum Gasteiger partial charge on any atom is 0.194 e.